The van der Waals surface area contributed by atoms with E-state index in [4.69, 9.17) is 19.9 Å². The highest BCUT2D eigenvalue weighted by atomic mass is 32.2. The highest BCUT2D eigenvalue weighted by Crippen LogP contribution is 2.48. The van der Waals surface area contributed by atoms with Crippen LogP contribution < -0.4 is 11.1 Å². The Morgan fingerprint density at radius 3 is 3.07 bits per heavy atom. The number of fused-ring (bicyclic) bond motifs is 1. The van der Waals surface area contributed by atoms with Gasteiger partial charge in [-0.05, 0) is 26.2 Å². The zero-order valence-corrected chi connectivity index (χ0v) is 18.1. The van der Waals surface area contributed by atoms with E-state index in [1.54, 1.807) is 23.5 Å². The van der Waals surface area contributed by atoms with E-state index < -0.39 is 5.54 Å². The molecule has 1 saturated heterocycles. The van der Waals surface area contributed by atoms with Crippen molar-refractivity contribution in [1.29, 1.82) is 0 Å². The Morgan fingerprint density at radius 1 is 1.45 bits per heavy atom. The van der Waals surface area contributed by atoms with Crippen LogP contribution in [0.2, 0.25) is 0 Å². The Morgan fingerprint density at radius 2 is 2.28 bits per heavy atom. The zero-order valence-electron chi connectivity index (χ0n) is 16.5. The summed E-state index contributed by atoms with van der Waals surface area (Å²) in [6, 6.07) is 0. The first-order valence-corrected chi connectivity index (χ1v) is 11.8. The first-order valence-electron chi connectivity index (χ1n) is 9.91. The van der Waals surface area contributed by atoms with Crippen molar-refractivity contribution in [3.8, 4) is 0 Å². The van der Waals surface area contributed by atoms with Crippen molar-refractivity contribution in [3.05, 3.63) is 29.1 Å². The van der Waals surface area contributed by atoms with Crippen molar-refractivity contribution in [3.63, 3.8) is 0 Å². The summed E-state index contributed by atoms with van der Waals surface area (Å²) >= 11 is 3.28. The fourth-order valence-electron chi connectivity index (χ4n) is 4.24. The third-order valence-corrected chi connectivity index (χ3v) is 8.36. The molecule has 4 unspecified atom stereocenters. The summed E-state index contributed by atoms with van der Waals surface area (Å²) in [5, 5.41) is 5.57. The van der Waals surface area contributed by atoms with Crippen molar-refractivity contribution in [2.75, 3.05) is 19.4 Å². The molecule has 4 atom stereocenters. The Labute approximate surface area is 178 Å². The van der Waals surface area contributed by atoms with E-state index in [0.29, 0.717) is 35.2 Å². The molecule has 8 nitrogen and oxygen atoms in total. The predicted octanol–water partition coefficient (Wildman–Crippen LogP) is 2.31. The van der Waals surface area contributed by atoms with Gasteiger partial charge in [-0.25, -0.2) is 4.98 Å². The quantitative estimate of drug-likeness (QED) is 0.742. The third-order valence-electron chi connectivity index (χ3n) is 6.06. The standard InChI is InChI=1S/C19H25N5O3S2/c1-10-5-12-7-29-18(20)23-19(12,9-27-10)17-24(2)14(8-28-17)22-15(25)13-6-26-16(21-13)11-3-4-11/h6,8,10-12,17H,3-5,7,9H2,1-2H3,(H2,20,23)(H,22,25). The molecule has 4 aliphatic rings. The summed E-state index contributed by atoms with van der Waals surface area (Å²) in [5.41, 5.74) is 6.02. The fourth-order valence-corrected chi connectivity index (χ4v) is 6.60. The molecular formula is C19H25N5O3S2. The van der Waals surface area contributed by atoms with Crippen molar-refractivity contribution in [2.45, 2.75) is 49.1 Å². The summed E-state index contributed by atoms with van der Waals surface area (Å²) in [4.78, 5) is 24.0. The number of thioether (sulfide) groups is 2. The molecule has 10 heteroatoms. The average Bonchev–Trinajstić information content (AvgIpc) is 3.31. The fraction of sp³-hybridized carbons (Fsp3) is 0.632. The molecule has 2 fully saturated rings. The minimum absolute atomic E-state index is 0.00841. The Bertz CT molecular complexity index is 883. The number of aliphatic imine (C=N–C) groups is 1. The van der Waals surface area contributed by atoms with Crippen molar-refractivity contribution >= 4 is 34.6 Å². The van der Waals surface area contributed by atoms with E-state index in [9.17, 15) is 4.79 Å². The van der Waals surface area contributed by atoms with Crippen molar-refractivity contribution < 1.29 is 13.9 Å². The maximum atomic E-state index is 12.7. The molecule has 1 saturated carbocycles. The minimum Gasteiger partial charge on any atom is -0.448 e. The summed E-state index contributed by atoms with van der Waals surface area (Å²) in [7, 11) is 1.98. The van der Waals surface area contributed by atoms with Gasteiger partial charge in [0.15, 0.2) is 16.8 Å². The number of aromatic nitrogens is 1. The number of ether oxygens (including phenoxy) is 1. The first kappa shape index (κ1) is 19.3. The monoisotopic (exact) mass is 435 g/mol. The number of amides is 1. The van der Waals surface area contributed by atoms with Crippen molar-refractivity contribution in [1.82, 2.24) is 15.2 Å². The lowest BCUT2D eigenvalue weighted by atomic mass is 9.79. The second-order valence-corrected chi connectivity index (χ2v) is 10.2. The SMILES string of the molecule is CC1CC2CSC(N)=NC2(C2SC=C(NC(=O)c3coc(C4CC4)n3)N2C)CO1. The molecule has 1 aliphatic carbocycles. The number of nitrogens with one attached hydrogen (secondary N) is 1. The van der Waals surface area contributed by atoms with Gasteiger partial charge in [0.05, 0.1) is 12.7 Å². The molecule has 0 spiro atoms. The molecule has 0 bridgehead atoms. The molecule has 1 aromatic rings. The third kappa shape index (κ3) is 3.44. The minimum atomic E-state index is -0.419. The maximum absolute atomic E-state index is 12.7. The van der Waals surface area contributed by atoms with Gasteiger partial charge in [-0.2, -0.15) is 0 Å². The normalized spacial score (nSPS) is 34.4. The van der Waals surface area contributed by atoms with Crippen LogP contribution in [-0.4, -0.2) is 57.4 Å². The van der Waals surface area contributed by atoms with E-state index in [-0.39, 0.29) is 17.4 Å². The van der Waals surface area contributed by atoms with E-state index in [0.717, 1.165) is 30.8 Å². The number of nitrogens with zero attached hydrogens (tertiary/aromatic N) is 3. The lowest BCUT2D eigenvalue weighted by Gasteiger charge is -2.50. The number of nitrogens with two attached hydrogens (primary N) is 1. The average molecular weight is 436 g/mol. The molecule has 5 rings (SSSR count). The Hall–Kier alpha value is -1.65. The van der Waals surface area contributed by atoms with Crippen LogP contribution in [-0.2, 0) is 4.74 Å². The summed E-state index contributed by atoms with van der Waals surface area (Å²) < 4.78 is 11.5. The van der Waals surface area contributed by atoms with Crippen LogP contribution in [0.25, 0.3) is 0 Å². The molecule has 0 aromatic carbocycles. The van der Waals surface area contributed by atoms with E-state index in [2.05, 4.69) is 22.1 Å². The van der Waals surface area contributed by atoms with Crippen LogP contribution in [0.15, 0.2) is 26.9 Å². The summed E-state index contributed by atoms with van der Waals surface area (Å²) in [6.07, 6.45) is 4.79. The van der Waals surface area contributed by atoms with Gasteiger partial charge < -0.3 is 25.1 Å². The molecule has 3 aliphatic heterocycles. The smallest absolute Gasteiger partial charge is 0.278 e. The Kier molecular flexibility index (Phi) is 4.83. The first-order chi connectivity index (χ1) is 14.0. The van der Waals surface area contributed by atoms with E-state index in [1.807, 2.05) is 12.5 Å². The molecule has 1 amide bonds. The molecule has 29 heavy (non-hydrogen) atoms. The van der Waals surface area contributed by atoms with Gasteiger partial charge in [0.25, 0.3) is 5.91 Å². The molecular weight excluding hydrogens is 410 g/mol. The van der Waals surface area contributed by atoms with Crippen LogP contribution in [0.1, 0.15) is 48.5 Å². The van der Waals surface area contributed by atoms with Gasteiger partial charge in [0, 0.05) is 30.0 Å². The van der Waals surface area contributed by atoms with Crippen molar-refractivity contribution in [2.24, 2.45) is 16.6 Å². The largest absolute Gasteiger partial charge is 0.448 e. The van der Waals surface area contributed by atoms with Crippen LogP contribution in [0, 0.1) is 5.92 Å². The maximum Gasteiger partial charge on any atom is 0.278 e. The number of carbonyl (C=O) groups is 1. The van der Waals surface area contributed by atoms with Gasteiger partial charge in [-0.15, -0.1) is 11.8 Å². The van der Waals surface area contributed by atoms with Crippen LogP contribution >= 0.6 is 23.5 Å². The number of hydrogen-bond donors (Lipinski definition) is 2. The van der Waals surface area contributed by atoms with Crippen LogP contribution in [0.3, 0.4) is 0 Å². The number of amidine groups is 1. The Balaban J connectivity index is 1.32. The lowest BCUT2D eigenvalue weighted by molar-refractivity contribution is -0.0552. The number of oxazole rings is 1. The second kappa shape index (κ2) is 7.24. The molecule has 0 radical (unpaired) electrons. The summed E-state index contributed by atoms with van der Waals surface area (Å²) in [5.74, 6) is 2.84. The molecule has 4 heterocycles. The van der Waals surface area contributed by atoms with Crippen LogP contribution in [0.5, 0.6) is 0 Å². The molecule has 1 aromatic heterocycles. The zero-order chi connectivity index (χ0) is 20.2. The van der Waals surface area contributed by atoms with Gasteiger partial charge in [-0.1, -0.05) is 11.8 Å². The highest BCUT2D eigenvalue weighted by molar-refractivity contribution is 8.13. The van der Waals surface area contributed by atoms with E-state index >= 15 is 0 Å². The van der Waals surface area contributed by atoms with Gasteiger partial charge in [0.1, 0.15) is 23.0 Å². The predicted molar refractivity (Wildman–Crippen MR) is 114 cm³/mol. The van der Waals surface area contributed by atoms with Crippen LogP contribution in [0.4, 0.5) is 0 Å². The topological polar surface area (TPSA) is 106 Å². The lowest BCUT2D eigenvalue weighted by Crippen LogP contribution is -2.61. The second-order valence-electron chi connectivity index (χ2n) is 8.21. The van der Waals surface area contributed by atoms with E-state index in [1.165, 1.54) is 6.26 Å². The highest BCUT2D eigenvalue weighted by Gasteiger charge is 2.54. The number of likely N-dealkylation sites (N-methyl/N-ethyl adjacent to an activating group) is 1. The number of hydrogen-bond acceptors (Lipinski definition) is 9. The van der Waals surface area contributed by atoms with Gasteiger partial charge >= 0.3 is 0 Å². The number of rotatable bonds is 4. The molecule has 156 valence electrons. The van der Waals surface area contributed by atoms with Gasteiger partial charge in [0.2, 0.25) is 0 Å². The summed E-state index contributed by atoms with van der Waals surface area (Å²) in [6.45, 7) is 2.64. The van der Waals surface area contributed by atoms with Gasteiger partial charge in [-0.3, -0.25) is 9.79 Å². The molecule has 3 N–H and O–H groups in total. The number of carbonyl (C=O) groups excluding carboxylic acids is 1.